The van der Waals surface area contributed by atoms with E-state index in [0.29, 0.717) is 17.9 Å². The zero-order valence-corrected chi connectivity index (χ0v) is 16.7. The molecular formula is C23H34N2. The summed E-state index contributed by atoms with van der Waals surface area (Å²) in [6, 6.07) is 13.6. The van der Waals surface area contributed by atoms with Crippen LogP contribution in [0.15, 0.2) is 41.6 Å². The average molecular weight is 339 g/mol. The van der Waals surface area contributed by atoms with Crippen LogP contribution in [0.2, 0.25) is 0 Å². The molecule has 0 amide bonds. The van der Waals surface area contributed by atoms with Crippen LogP contribution >= 0.6 is 0 Å². The first-order chi connectivity index (χ1) is 11.8. The number of nitrogens with zero attached hydrogens (tertiary/aromatic N) is 2. The maximum atomic E-state index is 9.07. The SMILES string of the molecule is CC(Cc1ccccc1)N(C)C1=C(CCC#N)CC(C(C)(C)C)CC1. The Morgan fingerprint density at radius 2 is 1.92 bits per heavy atom. The molecule has 0 aromatic heterocycles. The van der Waals surface area contributed by atoms with Gasteiger partial charge in [-0.3, -0.25) is 0 Å². The van der Waals surface area contributed by atoms with Crippen molar-refractivity contribution in [1.82, 2.24) is 4.90 Å². The highest BCUT2D eigenvalue weighted by molar-refractivity contribution is 5.21. The van der Waals surface area contributed by atoms with E-state index in [4.69, 9.17) is 5.26 Å². The molecule has 1 aliphatic carbocycles. The summed E-state index contributed by atoms with van der Waals surface area (Å²) in [5.74, 6) is 0.725. The third-order valence-electron chi connectivity index (χ3n) is 5.85. The topological polar surface area (TPSA) is 27.0 Å². The number of hydrogen-bond donors (Lipinski definition) is 0. The Hall–Kier alpha value is -1.75. The van der Waals surface area contributed by atoms with Gasteiger partial charge in [-0.1, -0.05) is 51.1 Å². The van der Waals surface area contributed by atoms with Crippen LogP contribution in [0.3, 0.4) is 0 Å². The molecule has 0 fully saturated rings. The molecule has 0 spiro atoms. The van der Waals surface area contributed by atoms with Crippen LogP contribution in [0.5, 0.6) is 0 Å². The number of benzene rings is 1. The molecule has 2 unspecified atom stereocenters. The minimum atomic E-state index is 0.345. The molecule has 136 valence electrons. The summed E-state index contributed by atoms with van der Waals surface area (Å²) < 4.78 is 0. The van der Waals surface area contributed by atoms with E-state index in [9.17, 15) is 0 Å². The van der Waals surface area contributed by atoms with Crippen LogP contribution in [0.4, 0.5) is 0 Å². The monoisotopic (exact) mass is 338 g/mol. The first-order valence-corrected chi connectivity index (χ1v) is 9.67. The zero-order chi connectivity index (χ0) is 18.4. The van der Waals surface area contributed by atoms with E-state index in [1.54, 1.807) is 0 Å². The molecule has 0 bridgehead atoms. The van der Waals surface area contributed by atoms with Gasteiger partial charge in [0.05, 0.1) is 6.07 Å². The molecule has 0 saturated heterocycles. The van der Waals surface area contributed by atoms with Gasteiger partial charge in [0.25, 0.3) is 0 Å². The van der Waals surface area contributed by atoms with Crippen molar-refractivity contribution in [2.45, 2.75) is 72.3 Å². The number of rotatable bonds is 6. The van der Waals surface area contributed by atoms with Gasteiger partial charge in [0, 0.05) is 25.2 Å². The predicted molar refractivity (Wildman–Crippen MR) is 106 cm³/mol. The molecular weight excluding hydrogens is 304 g/mol. The van der Waals surface area contributed by atoms with Crippen LogP contribution in [0.1, 0.15) is 65.4 Å². The summed E-state index contributed by atoms with van der Waals surface area (Å²) in [4.78, 5) is 2.48. The van der Waals surface area contributed by atoms with E-state index in [1.807, 2.05) is 0 Å². The highest BCUT2D eigenvalue weighted by Crippen LogP contribution is 2.42. The maximum Gasteiger partial charge on any atom is 0.0625 e. The largest absolute Gasteiger partial charge is 0.375 e. The van der Waals surface area contributed by atoms with Gasteiger partial charge in [-0.05, 0) is 61.5 Å². The summed E-state index contributed by atoms with van der Waals surface area (Å²) in [5.41, 5.74) is 4.76. The normalized spacial score (nSPS) is 19.4. The van der Waals surface area contributed by atoms with Crippen LogP contribution in [-0.4, -0.2) is 18.0 Å². The molecule has 2 rings (SSSR count). The standard InChI is InChI=1S/C23H34N2/c1-18(16-19-10-7-6-8-11-19)25(5)22-14-13-21(23(2,3)4)17-20(22)12-9-15-24/h6-8,10-11,18,21H,9,12-14,16-17H2,1-5H3. The molecule has 2 atom stereocenters. The van der Waals surface area contributed by atoms with Gasteiger partial charge < -0.3 is 4.90 Å². The summed E-state index contributed by atoms with van der Waals surface area (Å²) in [6.45, 7) is 9.38. The molecule has 0 saturated carbocycles. The Bertz CT molecular complexity index is 616. The Morgan fingerprint density at radius 3 is 2.52 bits per heavy atom. The second-order valence-electron chi connectivity index (χ2n) is 8.66. The van der Waals surface area contributed by atoms with E-state index in [2.05, 4.69) is 76.0 Å². The lowest BCUT2D eigenvalue weighted by molar-refractivity contribution is 0.194. The van der Waals surface area contributed by atoms with Crippen LogP contribution in [0, 0.1) is 22.7 Å². The highest BCUT2D eigenvalue weighted by Gasteiger charge is 2.31. The molecule has 1 aliphatic rings. The summed E-state index contributed by atoms with van der Waals surface area (Å²) in [6.07, 6.45) is 6.20. The molecule has 0 N–H and O–H groups in total. The number of likely N-dealkylation sites (N-methyl/N-ethyl adjacent to an activating group) is 1. The fraction of sp³-hybridized carbons (Fsp3) is 0.609. The molecule has 0 heterocycles. The van der Waals surface area contributed by atoms with Gasteiger partial charge in [0.2, 0.25) is 0 Å². The van der Waals surface area contributed by atoms with Crippen LogP contribution < -0.4 is 0 Å². The fourth-order valence-electron chi connectivity index (χ4n) is 3.98. The first-order valence-electron chi connectivity index (χ1n) is 9.67. The molecule has 25 heavy (non-hydrogen) atoms. The predicted octanol–water partition coefficient (Wildman–Crippen LogP) is 5.95. The Morgan fingerprint density at radius 1 is 1.24 bits per heavy atom. The Kier molecular flexibility index (Phi) is 6.71. The molecule has 2 heteroatoms. The van der Waals surface area contributed by atoms with Crippen LogP contribution in [0.25, 0.3) is 0 Å². The van der Waals surface area contributed by atoms with E-state index in [1.165, 1.54) is 23.3 Å². The lowest BCUT2D eigenvalue weighted by atomic mass is 9.71. The zero-order valence-electron chi connectivity index (χ0n) is 16.7. The third-order valence-corrected chi connectivity index (χ3v) is 5.85. The Labute approximate surface area is 154 Å². The highest BCUT2D eigenvalue weighted by atomic mass is 15.1. The van der Waals surface area contributed by atoms with Crippen molar-refractivity contribution >= 4 is 0 Å². The second kappa shape index (κ2) is 8.56. The van der Waals surface area contributed by atoms with Crippen molar-refractivity contribution in [2.24, 2.45) is 11.3 Å². The van der Waals surface area contributed by atoms with E-state index >= 15 is 0 Å². The first kappa shape index (κ1) is 19.6. The second-order valence-corrected chi connectivity index (χ2v) is 8.66. The van der Waals surface area contributed by atoms with E-state index in [0.717, 1.165) is 31.6 Å². The van der Waals surface area contributed by atoms with Gasteiger partial charge in [0.15, 0.2) is 0 Å². The van der Waals surface area contributed by atoms with Crippen molar-refractivity contribution in [2.75, 3.05) is 7.05 Å². The minimum absolute atomic E-state index is 0.345. The molecule has 1 aromatic carbocycles. The summed E-state index contributed by atoms with van der Waals surface area (Å²) in [5, 5.41) is 9.07. The summed E-state index contributed by atoms with van der Waals surface area (Å²) >= 11 is 0. The van der Waals surface area contributed by atoms with E-state index in [-0.39, 0.29) is 0 Å². The van der Waals surface area contributed by atoms with Gasteiger partial charge in [-0.2, -0.15) is 5.26 Å². The lowest BCUT2D eigenvalue weighted by Gasteiger charge is -2.40. The van der Waals surface area contributed by atoms with Gasteiger partial charge in [-0.25, -0.2) is 0 Å². The molecule has 0 radical (unpaired) electrons. The smallest absolute Gasteiger partial charge is 0.0625 e. The van der Waals surface area contributed by atoms with Crippen molar-refractivity contribution in [1.29, 1.82) is 5.26 Å². The van der Waals surface area contributed by atoms with Crippen LogP contribution in [-0.2, 0) is 6.42 Å². The quantitative estimate of drug-likeness (QED) is 0.640. The van der Waals surface area contributed by atoms with Crippen molar-refractivity contribution in [3.63, 3.8) is 0 Å². The molecule has 1 aromatic rings. The van der Waals surface area contributed by atoms with Crippen molar-refractivity contribution in [3.05, 3.63) is 47.2 Å². The van der Waals surface area contributed by atoms with E-state index < -0.39 is 0 Å². The van der Waals surface area contributed by atoms with Crippen molar-refractivity contribution < 1.29 is 0 Å². The lowest BCUT2D eigenvalue weighted by Crippen LogP contribution is -2.34. The number of nitriles is 1. The molecule has 0 aliphatic heterocycles. The fourth-order valence-corrected chi connectivity index (χ4v) is 3.98. The number of hydrogen-bond acceptors (Lipinski definition) is 2. The average Bonchev–Trinajstić information content (AvgIpc) is 2.59. The maximum absolute atomic E-state index is 9.07. The molecule has 2 nitrogen and oxygen atoms in total. The van der Waals surface area contributed by atoms with Crippen molar-refractivity contribution in [3.8, 4) is 6.07 Å². The Balaban J connectivity index is 2.16. The number of allylic oxidation sites excluding steroid dienone is 2. The van der Waals surface area contributed by atoms with Gasteiger partial charge in [0.1, 0.15) is 0 Å². The third kappa shape index (κ3) is 5.36. The minimum Gasteiger partial charge on any atom is -0.375 e. The summed E-state index contributed by atoms with van der Waals surface area (Å²) in [7, 11) is 2.24. The van der Waals surface area contributed by atoms with Gasteiger partial charge in [-0.15, -0.1) is 0 Å². The van der Waals surface area contributed by atoms with Gasteiger partial charge >= 0.3 is 0 Å².